The molecule has 186 valence electrons. The van der Waals surface area contributed by atoms with Crippen molar-refractivity contribution in [3.8, 4) is 5.75 Å². The predicted molar refractivity (Wildman–Crippen MR) is 113 cm³/mol. The molecule has 0 aliphatic heterocycles. The lowest BCUT2D eigenvalue weighted by Crippen LogP contribution is -2.83. The predicted octanol–water partition coefficient (Wildman–Crippen LogP) is 0.951. The first-order valence-corrected chi connectivity index (χ1v) is 10.3. The zero-order chi connectivity index (χ0) is 25.6. The van der Waals surface area contributed by atoms with E-state index in [1.54, 1.807) is 12.0 Å². The molecular weight excluding hydrogens is 457 g/mol. The van der Waals surface area contributed by atoms with E-state index >= 15 is 0 Å². The maximum absolute atomic E-state index is 12.6. The maximum Gasteiger partial charge on any atom is 0.430 e. The fourth-order valence-electron chi connectivity index (χ4n) is 2.74. The van der Waals surface area contributed by atoms with E-state index in [1.807, 2.05) is 54.6 Å². The highest BCUT2D eigenvalue weighted by Gasteiger charge is 2.28. The summed E-state index contributed by atoms with van der Waals surface area (Å²) in [6.07, 6.45) is -4.86. The van der Waals surface area contributed by atoms with Gasteiger partial charge in [0.05, 0.1) is 26.5 Å². The van der Waals surface area contributed by atoms with Crippen molar-refractivity contribution in [3.63, 3.8) is 0 Å². The molecular formula is C23H27F3N2O6. The van der Waals surface area contributed by atoms with E-state index in [0.29, 0.717) is 19.5 Å². The van der Waals surface area contributed by atoms with Crippen molar-refractivity contribution in [1.82, 2.24) is 4.90 Å². The Hall–Kier alpha value is -3.60. The van der Waals surface area contributed by atoms with E-state index in [0.717, 1.165) is 23.4 Å². The summed E-state index contributed by atoms with van der Waals surface area (Å²) < 4.78 is 36.7. The molecule has 0 fully saturated rings. The highest BCUT2D eigenvalue weighted by atomic mass is 19.4. The third-order valence-corrected chi connectivity index (χ3v) is 4.50. The Labute approximate surface area is 195 Å². The summed E-state index contributed by atoms with van der Waals surface area (Å²) in [7, 11) is 1.64. The Morgan fingerprint density at radius 3 is 2.09 bits per heavy atom. The lowest BCUT2D eigenvalue weighted by atomic mass is 10.2. The summed E-state index contributed by atoms with van der Waals surface area (Å²) in [5.74, 6) is -3.10. The summed E-state index contributed by atoms with van der Waals surface area (Å²) in [5, 5.41) is 19.8. The zero-order valence-electron chi connectivity index (χ0n) is 18.6. The Morgan fingerprint density at radius 1 is 1.00 bits per heavy atom. The monoisotopic (exact) mass is 484 g/mol. The smallest absolute Gasteiger partial charge is 0.430 e. The number of alkyl halides is 3. The normalized spacial score (nSPS) is 10.6. The van der Waals surface area contributed by atoms with Crippen LogP contribution in [0, 0.1) is 0 Å². The molecule has 0 aromatic heterocycles. The van der Waals surface area contributed by atoms with E-state index in [9.17, 15) is 22.8 Å². The van der Waals surface area contributed by atoms with Crippen LogP contribution in [0.3, 0.4) is 0 Å². The highest BCUT2D eigenvalue weighted by molar-refractivity contribution is 5.77. The van der Waals surface area contributed by atoms with E-state index in [2.05, 4.69) is 5.32 Å². The van der Waals surface area contributed by atoms with Gasteiger partial charge in [0, 0.05) is 18.7 Å². The number of nitrogens with two attached hydrogens (primary N) is 1. The van der Waals surface area contributed by atoms with E-state index in [4.69, 9.17) is 19.7 Å². The third kappa shape index (κ3) is 11.9. The summed E-state index contributed by atoms with van der Waals surface area (Å²) in [6.45, 7) is 2.10. The second kappa shape index (κ2) is 14.5. The fourth-order valence-corrected chi connectivity index (χ4v) is 2.74. The number of carbonyl (C=O) groups excluding carboxylic acids is 2. The summed E-state index contributed by atoms with van der Waals surface area (Å²) in [5.41, 5.74) is 2.16. The number of carboxylic acid groups (broad SMARTS) is 2. The second-order valence-electron chi connectivity index (χ2n) is 7.11. The molecule has 3 N–H and O–H groups in total. The van der Waals surface area contributed by atoms with Gasteiger partial charge in [-0.15, -0.1) is 0 Å². The van der Waals surface area contributed by atoms with Crippen molar-refractivity contribution in [2.75, 3.05) is 20.2 Å². The number of hydrogen-bond donors (Lipinski definition) is 2. The fraction of sp³-hybridized carbons (Fsp3) is 0.348. The molecule has 0 heterocycles. The van der Waals surface area contributed by atoms with Crippen LogP contribution in [0.2, 0.25) is 0 Å². The molecule has 0 saturated carbocycles. The van der Waals surface area contributed by atoms with Crippen molar-refractivity contribution in [2.45, 2.75) is 32.1 Å². The average Bonchev–Trinajstić information content (AvgIpc) is 2.80. The molecule has 0 spiro atoms. The number of nitrogens with zero attached hydrogens (tertiary/aromatic N) is 1. The maximum atomic E-state index is 12.6. The van der Waals surface area contributed by atoms with Crippen molar-refractivity contribution in [1.29, 1.82) is 0 Å². The number of methoxy groups -OCH3 is 1. The first kappa shape index (κ1) is 28.4. The van der Waals surface area contributed by atoms with E-state index < -0.39 is 18.1 Å². The molecule has 0 unspecified atom stereocenters. The molecule has 2 aromatic carbocycles. The number of carbonyl (C=O) groups is 3. The zero-order valence-corrected chi connectivity index (χ0v) is 18.6. The molecule has 0 saturated heterocycles. The van der Waals surface area contributed by atoms with Crippen LogP contribution < -0.4 is 15.2 Å². The van der Waals surface area contributed by atoms with Gasteiger partial charge < -0.3 is 30.0 Å². The average molecular weight is 484 g/mol. The summed E-state index contributed by atoms with van der Waals surface area (Å²) in [6, 6.07) is 17.5. The van der Waals surface area contributed by atoms with E-state index in [-0.39, 0.29) is 18.9 Å². The van der Waals surface area contributed by atoms with Gasteiger partial charge in [-0.25, -0.2) is 0 Å². The lowest BCUT2D eigenvalue weighted by Gasteiger charge is -2.22. The molecule has 2 rings (SSSR count). The minimum atomic E-state index is -5.19. The molecule has 0 bridgehead atoms. The molecule has 2 aromatic rings. The molecule has 8 nitrogen and oxygen atoms in total. The van der Waals surface area contributed by atoms with Gasteiger partial charge in [-0.3, -0.25) is 9.59 Å². The minimum absolute atomic E-state index is 0.0221. The third-order valence-electron chi connectivity index (χ3n) is 4.50. The largest absolute Gasteiger partial charge is 0.542 e. The molecule has 34 heavy (non-hydrogen) atoms. The lowest BCUT2D eigenvalue weighted by molar-refractivity contribution is -0.669. The number of halogens is 3. The van der Waals surface area contributed by atoms with Crippen LogP contribution in [0.1, 0.15) is 24.0 Å². The quantitative estimate of drug-likeness (QED) is 0.458. The van der Waals surface area contributed by atoms with Gasteiger partial charge in [0.15, 0.2) is 0 Å². The van der Waals surface area contributed by atoms with Crippen LogP contribution >= 0.6 is 0 Å². The summed E-state index contributed by atoms with van der Waals surface area (Å²) in [4.78, 5) is 33.9. The number of quaternary nitrogens is 1. The number of ether oxygens (including phenoxy) is 1. The highest BCUT2D eigenvalue weighted by Crippen LogP contribution is 2.12. The molecule has 0 atom stereocenters. The van der Waals surface area contributed by atoms with Gasteiger partial charge in [-0.2, -0.15) is 13.2 Å². The van der Waals surface area contributed by atoms with E-state index in [1.165, 1.54) is 0 Å². The van der Waals surface area contributed by atoms with Gasteiger partial charge in [-0.1, -0.05) is 30.3 Å². The number of rotatable bonds is 11. The van der Waals surface area contributed by atoms with Crippen molar-refractivity contribution in [2.24, 2.45) is 0 Å². The summed E-state index contributed by atoms with van der Waals surface area (Å²) >= 11 is 0. The van der Waals surface area contributed by atoms with Crippen LogP contribution in [-0.2, 0) is 27.5 Å². The first-order chi connectivity index (χ1) is 16.0. The molecule has 1 amide bonds. The van der Waals surface area contributed by atoms with Crippen molar-refractivity contribution in [3.05, 3.63) is 65.7 Å². The van der Waals surface area contributed by atoms with Gasteiger partial charge >= 0.3 is 12.1 Å². The van der Waals surface area contributed by atoms with Crippen LogP contribution in [0.25, 0.3) is 0 Å². The van der Waals surface area contributed by atoms with Gasteiger partial charge in [-0.05, 0) is 29.8 Å². The van der Waals surface area contributed by atoms with Crippen LogP contribution in [0.4, 0.5) is 13.2 Å². The van der Waals surface area contributed by atoms with Gasteiger partial charge in [0.2, 0.25) is 5.91 Å². The van der Waals surface area contributed by atoms with Crippen LogP contribution in [0.15, 0.2) is 54.6 Å². The Morgan fingerprint density at radius 2 is 1.59 bits per heavy atom. The molecule has 0 aliphatic rings. The molecule has 11 heteroatoms. The Kier molecular flexibility index (Phi) is 12.1. The van der Waals surface area contributed by atoms with Crippen molar-refractivity contribution < 1.29 is 47.8 Å². The number of amides is 1. The number of aliphatic carboxylic acids is 2. The van der Waals surface area contributed by atoms with Crippen molar-refractivity contribution >= 4 is 17.8 Å². The number of hydrogen-bond acceptors (Lipinski definition) is 5. The molecule has 0 radical (unpaired) electrons. The van der Waals surface area contributed by atoms with Gasteiger partial charge in [0.1, 0.15) is 18.3 Å². The van der Waals surface area contributed by atoms with Crippen LogP contribution in [-0.4, -0.2) is 54.2 Å². The SMILES string of the molecule is COc1ccc(C[NH2+]CCC(=O)N(CCC(=O)O)Cc2ccccc2)cc1.O=C([O-])C(F)(F)F. The Balaban J connectivity index is 0.000000718. The number of carboxylic acids is 2. The second-order valence-corrected chi connectivity index (χ2v) is 7.11. The number of benzene rings is 2. The minimum Gasteiger partial charge on any atom is -0.542 e. The van der Waals surface area contributed by atoms with Gasteiger partial charge in [0.25, 0.3) is 0 Å². The Bertz CT molecular complexity index is 905. The topological polar surface area (TPSA) is 124 Å². The first-order valence-electron chi connectivity index (χ1n) is 10.3. The standard InChI is InChI=1S/C21H26N2O4.C2HF3O2/c1-27-19-9-7-17(8-10-19)15-22-13-11-20(24)23(14-12-21(25)26)16-18-5-3-2-4-6-18;3-2(4,5)1(6)7/h2-10,22H,11-16H2,1H3,(H,25,26);(H,6,7). The van der Waals surface area contributed by atoms with Crippen LogP contribution in [0.5, 0.6) is 5.75 Å². The molecule has 0 aliphatic carbocycles.